The van der Waals surface area contributed by atoms with Crippen molar-refractivity contribution in [3.05, 3.63) is 59.7 Å². The third-order valence-electron chi connectivity index (χ3n) is 5.81. The van der Waals surface area contributed by atoms with Crippen LogP contribution in [-0.4, -0.2) is 72.0 Å². The van der Waals surface area contributed by atoms with Crippen LogP contribution in [0.15, 0.2) is 41.4 Å². The molecule has 0 bridgehead atoms. The SMILES string of the molecule is O=C1CC(C(=O)N2CCN(S(=O)(=O)c3ccc(F)c(F)c3F)CC2)CN1Cc1ccccn1. The second-order valence-corrected chi connectivity index (χ2v) is 9.81. The van der Waals surface area contributed by atoms with E-state index >= 15 is 0 Å². The number of carbonyl (C=O) groups excluding carboxylic acids is 2. The molecule has 33 heavy (non-hydrogen) atoms. The van der Waals surface area contributed by atoms with Gasteiger partial charge >= 0.3 is 0 Å². The third kappa shape index (κ3) is 4.58. The summed E-state index contributed by atoms with van der Waals surface area (Å²) in [5.41, 5.74) is 0.710. The lowest BCUT2D eigenvalue weighted by Gasteiger charge is -2.35. The minimum atomic E-state index is -4.41. The topological polar surface area (TPSA) is 90.9 Å². The van der Waals surface area contributed by atoms with Crippen LogP contribution in [0.2, 0.25) is 0 Å². The van der Waals surface area contributed by atoms with Crippen molar-refractivity contribution >= 4 is 21.8 Å². The molecule has 2 saturated heterocycles. The second-order valence-electron chi connectivity index (χ2n) is 7.90. The fourth-order valence-corrected chi connectivity index (χ4v) is 5.51. The minimum Gasteiger partial charge on any atom is -0.340 e. The lowest BCUT2D eigenvalue weighted by Crippen LogP contribution is -2.52. The number of amides is 2. The Balaban J connectivity index is 1.37. The van der Waals surface area contributed by atoms with Gasteiger partial charge in [0, 0.05) is 45.3 Å². The van der Waals surface area contributed by atoms with Gasteiger partial charge < -0.3 is 9.80 Å². The van der Waals surface area contributed by atoms with Crippen molar-refractivity contribution in [2.45, 2.75) is 17.9 Å². The number of nitrogens with zero attached hydrogens (tertiary/aromatic N) is 4. The van der Waals surface area contributed by atoms with E-state index in [9.17, 15) is 31.2 Å². The quantitative estimate of drug-likeness (QED) is 0.601. The summed E-state index contributed by atoms with van der Waals surface area (Å²) in [6.07, 6.45) is 1.68. The van der Waals surface area contributed by atoms with Crippen LogP contribution in [-0.2, 0) is 26.2 Å². The molecule has 8 nitrogen and oxygen atoms in total. The van der Waals surface area contributed by atoms with E-state index in [0.717, 1.165) is 4.31 Å². The number of pyridine rings is 1. The van der Waals surface area contributed by atoms with Crippen molar-refractivity contribution in [2.24, 2.45) is 5.92 Å². The van der Waals surface area contributed by atoms with Gasteiger partial charge in [-0.3, -0.25) is 14.6 Å². The summed E-state index contributed by atoms with van der Waals surface area (Å²) in [5.74, 6) is -6.08. The highest BCUT2D eigenvalue weighted by atomic mass is 32.2. The zero-order valence-electron chi connectivity index (χ0n) is 17.5. The average molecular weight is 482 g/mol. The molecule has 0 saturated carbocycles. The van der Waals surface area contributed by atoms with Gasteiger partial charge in [0.05, 0.1) is 18.2 Å². The fraction of sp³-hybridized carbons (Fsp3) is 0.381. The van der Waals surface area contributed by atoms with Crippen molar-refractivity contribution < 1.29 is 31.2 Å². The summed E-state index contributed by atoms with van der Waals surface area (Å²) in [6.45, 7) is 0.348. The Kier molecular flexibility index (Phi) is 6.39. The number of hydrogen-bond acceptors (Lipinski definition) is 5. The molecule has 0 aliphatic carbocycles. The Morgan fingerprint density at radius 2 is 1.76 bits per heavy atom. The van der Waals surface area contributed by atoms with Crippen LogP contribution in [0.3, 0.4) is 0 Å². The maximum atomic E-state index is 14.0. The number of aromatic nitrogens is 1. The molecule has 1 unspecified atom stereocenters. The highest BCUT2D eigenvalue weighted by Gasteiger charge is 2.39. The van der Waals surface area contributed by atoms with Crippen molar-refractivity contribution in [1.29, 1.82) is 0 Å². The molecular formula is C21H21F3N4O4S. The van der Waals surface area contributed by atoms with E-state index in [0.29, 0.717) is 24.4 Å². The summed E-state index contributed by atoms with van der Waals surface area (Å²) in [7, 11) is -4.41. The van der Waals surface area contributed by atoms with E-state index < -0.39 is 38.3 Å². The van der Waals surface area contributed by atoms with Crippen molar-refractivity contribution in [1.82, 2.24) is 19.1 Å². The number of benzene rings is 1. The maximum absolute atomic E-state index is 14.0. The van der Waals surface area contributed by atoms with E-state index in [1.54, 1.807) is 23.2 Å². The summed E-state index contributed by atoms with van der Waals surface area (Å²) in [4.78, 5) is 31.5. The first kappa shape index (κ1) is 23.2. The molecule has 1 atom stereocenters. The zero-order chi connectivity index (χ0) is 23.8. The summed E-state index contributed by atoms with van der Waals surface area (Å²) in [6, 6.07) is 6.60. The largest absolute Gasteiger partial charge is 0.340 e. The maximum Gasteiger partial charge on any atom is 0.246 e. The van der Waals surface area contributed by atoms with Crippen LogP contribution in [0.4, 0.5) is 13.2 Å². The molecule has 0 radical (unpaired) electrons. The molecule has 2 amide bonds. The van der Waals surface area contributed by atoms with Gasteiger partial charge in [0.15, 0.2) is 17.5 Å². The Labute approximate surface area is 188 Å². The number of carbonyl (C=O) groups is 2. The Hall–Kier alpha value is -2.99. The van der Waals surface area contributed by atoms with Crippen LogP contribution in [0.1, 0.15) is 12.1 Å². The predicted molar refractivity (Wildman–Crippen MR) is 109 cm³/mol. The predicted octanol–water partition coefficient (Wildman–Crippen LogP) is 1.38. The molecular weight excluding hydrogens is 461 g/mol. The van der Waals surface area contributed by atoms with E-state index in [-0.39, 0.29) is 51.0 Å². The molecule has 2 aliphatic rings. The van der Waals surface area contributed by atoms with Crippen LogP contribution < -0.4 is 0 Å². The number of hydrogen-bond donors (Lipinski definition) is 0. The van der Waals surface area contributed by atoms with E-state index in [4.69, 9.17) is 0 Å². The molecule has 1 aromatic heterocycles. The molecule has 1 aromatic carbocycles. The van der Waals surface area contributed by atoms with Crippen LogP contribution >= 0.6 is 0 Å². The Bertz CT molecular complexity index is 1170. The normalized spacial score (nSPS) is 19.8. The monoisotopic (exact) mass is 482 g/mol. The number of likely N-dealkylation sites (tertiary alicyclic amines) is 1. The highest BCUT2D eigenvalue weighted by Crippen LogP contribution is 2.26. The Morgan fingerprint density at radius 1 is 1.03 bits per heavy atom. The number of rotatable bonds is 5. The first-order chi connectivity index (χ1) is 15.7. The minimum absolute atomic E-state index is 0.0360. The van der Waals surface area contributed by atoms with Gasteiger partial charge in [-0.1, -0.05) is 6.07 Å². The third-order valence-corrected chi connectivity index (χ3v) is 7.73. The van der Waals surface area contributed by atoms with Gasteiger partial charge in [0.2, 0.25) is 21.8 Å². The molecule has 4 rings (SSSR count). The lowest BCUT2D eigenvalue weighted by molar-refractivity contribution is -0.137. The van der Waals surface area contributed by atoms with Gasteiger partial charge in [0.25, 0.3) is 0 Å². The standard InChI is InChI=1S/C21H21F3N4O4S/c22-16-4-5-17(20(24)19(16)23)33(31,32)28-9-7-26(8-10-28)21(30)14-11-18(29)27(12-14)13-15-3-1-2-6-25-15/h1-6,14H,7-13H2. The van der Waals surface area contributed by atoms with Crippen molar-refractivity contribution in [3.63, 3.8) is 0 Å². The van der Waals surface area contributed by atoms with Crippen LogP contribution in [0, 0.1) is 23.4 Å². The van der Waals surface area contributed by atoms with E-state index in [1.807, 2.05) is 6.07 Å². The van der Waals surface area contributed by atoms with Gasteiger partial charge in [-0.15, -0.1) is 0 Å². The smallest absolute Gasteiger partial charge is 0.246 e. The lowest BCUT2D eigenvalue weighted by atomic mass is 10.1. The molecule has 0 N–H and O–H groups in total. The van der Waals surface area contributed by atoms with Gasteiger partial charge in [0.1, 0.15) is 4.90 Å². The molecule has 3 heterocycles. The summed E-state index contributed by atoms with van der Waals surface area (Å²) >= 11 is 0. The van der Waals surface area contributed by atoms with Gasteiger partial charge in [-0.05, 0) is 24.3 Å². The Morgan fingerprint density at radius 3 is 2.42 bits per heavy atom. The fourth-order valence-electron chi connectivity index (χ4n) is 4.03. The number of halogens is 3. The van der Waals surface area contributed by atoms with E-state index in [2.05, 4.69) is 4.98 Å². The molecule has 2 aliphatic heterocycles. The average Bonchev–Trinajstić information content (AvgIpc) is 3.17. The molecule has 12 heteroatoms. The molecule has 2 fully saturated rings. The summed E-state index contributed by atoms with van der Waals surface area (Å²) in [5, 5.41) is 0. The molecule has 2 aromatic rings. The van der Waals surface area contributed by atoms with Crippen LogP contribution in [0.5, 0.6) is 0 Å². The van der Waals surface area contributed by atoms with Crippen molar-refractivity contribution in [3.8, 4) is 0 Å². The van der Waals surface area contributed by atoms with Gasteiger partial charge in [-0.25, -0.2) is 21.6 Å². The van der Waals surface area contributed by atoms with Crippen LogP contribution in [0.25, 0.3) is 0 Å². The van der Waals surface area contributed by atoms with Gasteiger partial charge in [-0.2, -0.15) is 4.31 Å². The summed E-state index contributed by atoms with van der Waals surface area (Å²) < 4.78 is 67.0. The first-order valence-electron chi connectivity index (χ1n) is 10.3. The van der Waals surface area contributed by atoms with E-state index in [1.165, 1.54) is 4.90 Å². The highest BCUT2D eigenvalue weighted by molar-refractivity contribution is 7.89. The number of sulfonamides is 1. The molecule has 0 spiro atoms. The second kappa shape index (κ2) is 9.10. The zero-order valence-corrected chi connectivity index (χ0v) is 18.3. The molecule has 176 valence electrons. The number of piperazine rings is 1. The van der Waals surface area contributed by atoms with Crippen molar-refractivity contribution in [2.75, 3.05) is 32.7 Å². The first-order valence-corrected chi connectivity index (χ1v) is 11.7.